The third-order valence-corrected chi connectivity index (χ3v) is 3.03. The van der Waals surface area contributed by atoms with Crippen molar-refractivity contribution >= 4 is 16.9 Å². The monoisotopic (exact) mass is 271 g/mol. The number of halogens is 1. The summed E-state index contributed by atoms with van der Waals surface area (Å²) in [6.45, 7) is 0. The van der Waals surface area contributed by atoms with Crippen molar-refractivity contribution < 1.29 is 18.3 Å². The molecule has 4 nitrogen and oxygen atoms in total. The number of carbonyl (C=O) groups is 1. The van der Waals surface area contributed by atoms with Gasteiger partial charge in [-0.05, 0) is 30.3 Å². The molecule has 0 radical (unpaired) electrons. The molecule has 0 N–H and O–H groups in total. The van der Waals surface area contributed by atoms with Crippen molar-refractivity contribution in [1.82, 2.24) is 4.98 Å². The lowest BCUT2D eigenvalue weighted by Gasteiger charge is -2.05. The van der Waals surface area contributed by atoms with Crippen molar-refractivity contribution in [3.05, 3.63) is 54.2 Å². The highest BCUT2D eigenvalue weighted by Gasteiger charge is 2.14. The highest BCUT2D eigenvalue weighted by Crippen LogP contribution is 2.29. The zero-order valence-corrected chi connectivity index (χ0v) is 10.6. The fourth-order valence-electron chi connectivity index (χ4n) is 2.06. The maximum absolute atomic E-state index is 14.2. The van der Waals surface area contributed by atoms with Crippen LogP contribution in [0.4, 0.5) is 4.39 Å². The second-order valence-electron chi connectivity index (χ2n) is 4.18. The summed E-state index contributed by atoms with van der Waals surface area (Å²) in [5.41, 5.74) is 1.58. The number of aromatic nitrogens is 1. The average Bonchev–Trinajstić information content (AvgIpc) is 2.95. The SMILES string of the molecule is COC(=O)c1ccc(-c2nccc3occc23)c(F)c1. The van der Waals surface area contributed by atoms with Gasteiger partial charge < -0.3 is 9.15 Å². The van der Waals surface area contributed by atoms with E-state index in [-0.39, 0.29) is 5.56 Å². The quantitative estimate of drug-likeness (QED) is 0.670. The van der Waals surface area contributed by atoms with Gasteiger partial charge in [-0.3, -0.25) is 4.98 Å². The van der Waals surface area contributed by atoms with E-state index in [1.54, 1.807) is 18.3 Å². The summed E-state index contributed by atoms with van der Waals surface area (Å²) in [4.78, 5) is 15.6. The first-order valence-corrected chi connectivity index (χ1v) is 5.91. The summed E-state index contributed by atoms with van der Waals surface area (Å²) in [7, 11) is 1.25. The van der Waals surface area contributed by atoms with Crippen LogP contribution in [-0.2, 0) is 4.74 Å². The lowest BCUT2D eigenvalue weighted by molar-refractivity contribution is 0.0600. The molecule has 0 saturated carbocycles. The fourth-order valence-corrected chi connectivity index (χ4v) is 2.06. The lowest BCUT2D eigenvalue weighted by atomic mass is 10.1. The van der Waals surface area contributed by atoms with Gasteiger partial charge in [0.05, 0.1) is 24.6 Å². The van der Waals surface area contributed by atoms with Crippen molar-refractivity contribution in [2.24, 2.45) is 0 Å². The van der Waals surface area contributed by atoms with Gasteiger partial charge in [0.1, 0.15) is 11.4 Å². The van der Waals surface area contributed by atoms with Gasteiger partial charge in [-0.15, -0.1) is 0 Å². The molecule has 3 rings (SSSR count). The number of hydrogen-bond donors (Lipinski definition) is 0. The van der Waals surface area contributed by atoms with Crippen LogP contribution in [0.15, 0.2) is 47.2 Å². The maximum atomic E-state index is 14.2. The molecule has 0 unspecified atom stereocenters. The molecule has 0 saturated heterocycles. The molecule has 5 heteroatoms. The number of benzene rings is 1. The van der Waals surface area contributed by atoms with Crippen molar-refractivity contribution in [3.63, 3.8) is 0 Å². The average molecular weight is 271 g/mol. The van der Waals surface area contributed by atoms with Crippen LogP contribution in [0, 0.1) is 5.82 Å². The number of esters is 1. The van der Waals surface area contributed by atoms with Crippen LogP contribution in [0.25, 0.3) is 22.2 Å². The first kappa shape index (κ1) is 12.3. The van der Waals surface area contributed by atoms with Gasteiger partial charge in [0, 0.05) is 17.1 Å². The summed E-state index contributed by atoms with van der Waals surface area (Å²) in [5, 5.41) is 0.720. The Hall–Kier alpha value is -2.69. The number of fused-ring (bicyclic) bond motifs is 1. The van der Waals surface area contributed by atoms with Crippen molar-refractivity contribution in [2.45, 2.75) is 0 Å². The topological polar surface area (TPSA) is 52.3 Å². The van der Waals surface area contributed by atoms with E-state index in [2.05, 4.69) is 9.72 Å². The zero-order valence-electron chi connectivity index (χ0n) is 10.6. The summed E-state index contributed by atoms with van der Waals surface area (Å²) in [6, 6.07) is 7.59. The minimum Gasteiger partial charge on any atom is -0.465 e. The second kappa shape index (κ2) is 4.77. The summed E-state index contributed by atoms with van der Waals surface area (Å²) < 4.78 is 24.0. The molecule has 0 atom stereocenters. The van der Waals surface area contributed by atoms with E-state index in [1.807, 2.05) is 0 Å². The third-order valence-electron chi connectivity index (χ3n) is 3.03. The van der Waals surface area contributed by atoms with Gasteiger partial charge in [0.15, 0.2) is 0 Å². The third kappa shape index (κ3) is 1.93. The molecular formula is C15H10FNO3. The molecule has 100 valence electrons. The molecule has 0 aliphatic heterocycles. The Morgan fingerprint density at radius 3 is 2.90 bits per heavy atom. The summed E-state index contributed by atoms with van der Waals surface area (Å²) in [6.07, 6.45) is 3.07. The largest absolute Gasteiger partial charge is 0.465 e. The Balaban J connectivity index is 2.15. The van der Waals surface area contributed by atoms with Crippen molar-refractivity contribution in [1.29, 1.82) is 0 Å². The highest BCUT2D eigenvalue weighted by molar-refractivity contribution is 5.93. The lowest BCUT2D eigenvalue weighted by Crippen LogP contribution is -2.02. The van der Waals surface area contributed by atoms with Gasteiger partial charge in [-0.25, -0.2) is 9.18 Å². The molecule has 2 aromatic heterocycles. The van der Waals surface area contributed by atoms with Crippen LogP contribution < -0.4 is 0 Å². The van der Waals surface area contributed by atoms with Gasteiger partial charge in [-0.1, -0.05) is 0 Å². The van der Waals surface area contributed by atoms with E-state index in [1.165, 1.54) is 25.5 Å². The Kier molecular flexibility index (Phi) is 2.95. The predicted molar refractivity (Wildman–Crippen MR) is 70.7 cm³/mol. The number of carbonyl (C=O) groups excluding carboxylic acids is 1. The molecule has 0 aliphatic carbocycles. The predicted octanol–water partition coefficient (Wildman–Crippen LogP) is 3.42. The molecule has 1 aromatic carbocycles. The van der Waals surface area contributed by atoms with Crippen LogP contribution in [0.1, 0.15) is 10.4 Å². The standard InChI is InChI=1S/C15H10FNO3/c1-19-15(18)9-2-3-10(12(16)8-9)14-11-5-7-20-13(11)4-6-17-14/h2-8H,1H3. The Bertz CT molecular complexity index is 795. The minimum absolute atomic E-state index is 0.160. The molecule has 0 amide bonds. The smallest absolute Gasteiger partial charge is 0.337 e. The molecule has 0 bridgehead atoms. The number of furan rings is 1. The summed E-state index contributed by atoms with van der Waals surface area (Å²) >= 11 is 0. The second-order valence-corrected chi connectivity index (χ2v) is 4.18. The molecule has 0 spiro atoms. The summed E-state index contributed by atoms with van der Waals surface area (Å²) in [5.74, 6) is -1.11. The molecule has 0 fully saturated rings. The number of hydrogen-bond acceptors (Lipinski definition) is 4. The minimum atomic E-state index is -0.579. The van der Waals surface area contributed by atoms with Crippen molar-refractivity contribution in [3.8, 4) is 11.3 Å². The number of methoxy groups -OCH3 is 1. The van der Waals surface area contributed by atoms with E-state index >= 15 is 0 Å². The molecule has 2 heterocycles. The number of nitrogens with zero attached hydrogens (tertiary/aromatic N) is 1. The molecular weight excluding hydrogens is 261 g/mol. The Morgan fingerprint density at radius 1 is 1.30 bits per heavy atom. The van der Waals surface area contributed by atoms with Crippen LogP contribution in [0.5, 0.6) is 0 Å². The van der Waals surface area contributed by atoms with Gasteiger partial charge in [0.25, 0.3) is 0 Å². The van der Waals surface area contributed by atoms with Gasteiger partial charge in [0.2, 0.25) is 0 Å². The first-order chi connectivity index (χ1) is 9.70. The Labute approximate surface area is 113 Å². The van der Waals surface area contributed by atoms with Crippen LogP contribution >= 0.6 is 0 Å². The fraction of sp³-hybridized carbons (Fsp3) is 0.0667. The first-order valence-electron chi connectivity index (χ1n) is 5.91. The van der Waals surface area contributed by atoms with E-state index < -0.39 is 11.8 Å². The highest BCUT2D eigenvalue weighted by atomic mass is 19.1. The number of pyridine rings is 1. The zero-order chi connectivity index (χ0) is 14.1. The van der Waals surface area contributed by atoms with Crippen molar-refractivity contribution in [2.75, 3.05) is 7.11 Å². The molecule has 3 aromatic rings. The van der Waals surface area contributed by atoms with E-state index in [0.717, 1.165) is 11.5 Å². The number of rotatable bonds is 2. The molecule has 0 aliphatic rings. The van der Waals surface area contributed by atoms with Crippen LogP contribution in [-0.4, -0.2) is 18.1 Å². The number of ether oxygens (including phenoxy) is 1. The van der Waals surface area contributed by atoms with Crippen LogP contribution in [0.2, 0.25) is 0 Å². The van der Waals surface area contributed by atoms with Gasteiger partial charge >= 0.3 is 5.97 Å². The van der Waals surface area contributed by atoms with E-state index in [0.29, 0.717) is 16.8 Å². The normalized spacial score (nSPS) is 10.7. The van der Waals surface area contributed by atoms with E-state index in [4.69, 9.17) is 4.42 Å². The van der Waals surface area contributed by atoms with Crippen LogP contribution in [0.3, 0.4) is 0 Å². The molecule has 20 heavy (non-hydrogen) atoms. The maximum Gasteiger partial charge on any atom is 0.337 e. The van der Waals surface area contributed by atoms with E-state index in [9.17, 15) is 9.18 Å². The Morgan fingerprint density at radius 2 is 2.15 bits per heavy atom. The van der Waals surface area contributed by atoms with Gasteiger partial charge in [-0.2, -0.15) is 0 Å².